The Balaban J connectivity index is 2.42. The van der Waals surface area contributed by atoms with Gasteiger partial charge in [0, 0.05) is 23.3 Å². The topological polar surface area (TPSA) is 47.6 Å². The van der Waals surface area contributed by atoms with Gasteiger partial charge in [0.05, 0.1) is 12.7 Å². The molecule has 0 bridgehead atoms. The number of esters is 1. The average molecular weight is 277 g/mol. The van der Waals surface area contributed by atoms with Crippen LogP contribution in [-0.4, -0.2) is 25.2 Å². The Kier molecular flexibility index (Phi) is 4.33. The van der Waals surface area contributed by atoms with E-state index in [1.807, 2.05) is 52.0 Å². The molecule has 1 aromatic rings. The Morgan fingerprint density at radius 2 is 1.95 bits per heavy atom. The van der Waals surface area contributed by atoms with Crippen molar-refractivity contribution in [3.8, 4) is 0 Å². The van der Waals surface area contributed by atoms with Crippen LogP contribution in [0.4, 0.5) is 5.69 Å². The van der Waals surface area contributed by atoms with Crippen molar-refractivity contribution in [1.29, 1.82) is 0 Å². The van der Waals surface area contributed by atoms with Gasteiger partial charge in [0.1, 0.15) is 6.04 Å². The molecule has 1 aliphatic rings. The zero-order valence-electron chi connectivity index (χ0n) is 12.6. The number of benzene rings is 1. The van der Waals surface area contributed by atoms with E-state index in [9.17, 15) is 4.79 Å². The van der Waals surface area contributed by atoms with Gasteiger partial charge in [-0.3, -0.25) is 0 Å². The fraction of sp³-hybridized carbons (Fsp3) is 0.562. The summed E-state index contributed by atoms with van der Waals surface area (Å²) in [5.41, 5.74) is 1.67. The number of hydrogen-bond donors (Lipinski definition) is 1. The predicted molar refractivity (Wildman–Crippen MR) is 78.6 cm³/mol. The molecule has 0 radical (unpaired) electrons. The van der Waals surface area contributed by atoms with Crippen molar-refractivity contribution >= 4 is 11.7 Å². The first-order valence-electron chi connectivity index (χ1n) is 7.16. The standard InChI is InChI=1S/C16H23NO3/c1-5-19-14-11-9-7-8-10-12(11)17-13(16(14,3)4)15(18)20-6-2/h7-10,13-14,17H,5-6H2,1-4H3/t13-,14-/m1/s1. The summed E-state index contributed by atoms with van der Waals surface area (Å²) in [6.07, 6.45) is -0.126. The fourth-order valence-electron chi connectivity index (χ4n) is 2.81. The number of nitrogens with one attached hydrogen (secondary N) is 1. The molecule has 4 heteroatoms. The average Bonchev–Trinajstić information content (AvgIpc) is 2.42. The summed E-state index contributed by atoms with van der Waals surface area (Å²) in [7, 11) is 0. The lowest BCUT2D eigenvalue weighted by Crippen LogP contribution is -2.50. The molecule has 110 valence electrons. The van der Waals surface area contributed by atoms with Gasteiger partial charge in [0.15, 0.2) is 0 Å². The van der Waals surface area contributed by atoms with E-state index in [-0.39, 0.29) is 17.5 Å². The molecule has 0 spiro atoms. The molecule has 0 unspecified atom stereocenters. The normalized spacial score (nSPS) is 23.6. The van der Waals surface area contributed by atoms with Gasteiger partial charge in [0.2, 0.25) is 0 Å². The number of rotatable bonds is 4. The summed E-state index contributed by atoms with van der Waals surface area (Å²) in [6, 6.07) is 7.56. The maximum atomic E-state index is 12.2. The Bertz CT molecular complexity index is 484. The van der Waals surface area contributed by atoms with Crippen molar-refractivity contribution in [3.05, 3.63) is 29.8 Å². The number of carbonyl (C=O) groups excluding carboxylic acids is 1. The van der Waals surface area contributed by atoms with Gasteiger partial charge >= 0.3 is 5.97 Å². The second kappa shape index (κ2) is 5.83. The number of anilines is 1. The number of para-hydroxylation sites is 1. The Labute approximate surface area is 120 Å². The molecule has 0 saturated heterocycles. The van der Waals surface area contributed by atoms with Crippen molar-refractivity contribution < 1.29 is 14.3 Å². The van der Waals surface area contributed by atoms with Crippen molar-refractivity contribution in [2.24, 2.45) is 5.41 Å². The van der Waals surface area contributed by atoms with E-state index in [0.29, 0.717) is 13.2 Å². The van der Waals surface area contributed by atoms with E-state index >= 15 is 0 Å². The minimum atomic E-state index is -0.408. The highest BCUT2D eigenvalue weighted by Gasteiger charge is 2.47. The van der Waals surface area contributed by atoms with Crippen molar-refractivity contribution in [2.75, 3.05) is 18.5 Å². The van der Waals surface area contributed by atoms with Gasteiger partial charge in [-0.25, -0.2) is 4.79 Å². The van der Waals surface area contributed by atoms with Crippen molar-refractivity contribution in [2.45, 2.75) is 39.8 Å². The minimum Gasteiger partial charge on any atom is -0.464 e. The van der Waals surface area contributed by atoms with E-state index < -0.39 is 6.04 Å². The van der Waals surface area contributed by atoms with Crippen LogP contribution in [0.3, 0.4) is 0 Å². The van der Waals surface area contributed by atoms with Crippen LogP contribution in [-0.2, 0) is 14.3 Å². The Morgan fingerprint density at radius 3 is 2.60 bits per heavy atom. The lowest BCUT2D eigenvalue weighted by Gasteiger charge is -2.44. The number of hydrogen-bond acceptors (Lipinski definition) is 4. The third-order valence-electron chi connectivity index (χ3n) is 3.82. The first kappa shape index (κ1) is 14.9. The molecule has 0 amide bonds. The van der Waals surface area contributed by atoms with Crippen molar-refractivity contribution in [3.63, 3.8) is 0 Å². The van der Waals surface area contributed by atoms with Crippen LogP contribution >= 0.6 is 0 Å². The van der Waals surface area contributed by atoms with Gasteiger partial charge in [-0.1, -0.05) is 32.0 Å². The molecule has 20 heavy (non-hydrogen) atoms. The van der Waals surface area contributed by atoms with Crippen LogP contribution in [0.1, 0.15) is 39.4 Å². The quantitative estimate of drug-likeness (QED) is 0.859. The van der Waals surface area contributed by atoms with Crippen LogP contribution in [0, 0.1) is 5.41 Å². The molecular weight excluding hydrogens is 254 g/mol. The van der Waals surface area contributed by atoms with Crippen LogP contribution in [0.15, 0.2) is 24.3 Å². The summed E-state index contributed by atoms with van der Waals surface area (Å²) >= 11 is 0. The lowest BCUT2D eigenvalue weighted by molar-refractivity contribution is -0.150. The van der Waals surface area contributed by atoms with Gasteiger partial charge < -0.3 is 14.8 Å². The smallest absolute Gasteiger partial charge is 0.329 e. The monoisotopic (exact) mass is 277 g/mol. The highest BCUT2D eigenvalue weighted by molar-refractivity contribution is 5.82. The summed E-state index contributed by atoms with van der Waals surface area (Å²) in [5, 5.41) is 3.31. The largest absolute Gasteiger partial charge is 0.464 e. The van der Waals surface area contributed by atoms with Gasteiger partial charge in [-0.2, -0.15) is 0 Å². The second-order valence-electron chi connectivity index (χ2n) is 5.57. The highest BCUT2D eigenvalue weighted by atomic mass is 16.5. The van der Waals surface area contributed by atoms with E-state index in [1.165, 1.54) is 0 Å². The Morgan fingerprint density at radius 1 is 1.25 bits per heavy atom. The Hall–Kier alpha value is -1.55. The molecule has 1 aromatic carbocycles. The molecule has 0 saturated carbocycles. The van der Waals surface area contributed by atoms with Gasteiger partial charge in [-0.15, -0.1) is 0 Å². The lowest BCUT2D eigenvalue weighted by atomic mass is 9.73. The van der Waals surface area contributed by atoms with E-state index in [4.69, 9.17) is 9.47 Å². The molecule has 2 rings (SSSR count). The number of ether oxygens (including phenoxy) is 2. The zero-order chi connectivity index (χ0) is 14.8. The SMILES string of the molecule is CCOC(=O)[C@H]1Nc2ccccc2[C@@H](OCC)C1(C)C. The molecule has 1 heterocycles. The highest BCUT2D eigenvalue weighted by Crippen LogP contribution is 2.47. The molecule has 4 nitrogen and oxygen atoms in total. The van der Waals surface area contributed by atoms with E-state index in [1.54, 1.807) is 0 Å². The molecular formula is C16H23NO3. The van der Waals surface area contributed by atoms with Crippen LogP contribution < -0.4 is 5.32 Å². The van der Waals surface area contributed by atoms with Crippen LogP contribution in [0.5, 0.6) is 0 Å². The first-order valence-corrected chi connectivity index (χ1v) is 7.16. The summed E-state index contributed by atoms with van der Waals surface area (Å²) < 4.78 is 11.1. The van der Waals surface area contributed by atoms with Crippen molar-refractivity contribution in [1.82, 2.24) is 0 Å². The molecule has 2 atom stereocenters. The third-order valence-corrected chi connectivity index (χ3v) is 3.82. The van der Waals surface area contributed by atoms with E-state index in [2.05, 4.69) is 5.32 Å². The summed E-state index contributed by atoms with van der Waals surface area (Å²) in [5.74, 6) is -0.225. The van der Waals surface area contributed by atoms with E-state index in [0.717, 1.165) is 11.3 Å². The third kappa shape index (κ3) is 2.52. The number of carbonyl (C=O) groups is 1. The number of fused-ring (bicyclic) bond motifs is 1. The van der Waals surface area contributed by atoms with Gasteiger partial charge in [0.25, 0.3) is 0 Å². The fourth-order valence-corrected chi connectivity index (χ4v) is 2.81. The zero-order valence-corrected chi connectivity index (χ0v) is 12.6. The summed E-state index contributed by atoms with van der Waals surface area (Å²) in [4.78, 5) is 12.2. The maximum Gasteiger partial charge on any atom is 0.329 e. The molecule has 0 aliphatic carbocycles. The van der Waals surface area contributed by atoms with Crippen LogP contribution in [0.25, 0.3) is 0 Å². The molecule has 0 aromatic heterocycles. The first-order chi connectivity index (χ1) is 9.52. The molecule has 1 aliphatic heterocycles. The molecule has 1 N–H and O–H groups in total. The second-order valence-corrected chi connectivity index (χ2v) is 5.57. The molecule has 0 fully saturated rings. The van der Waals surface area contributed by atoms with Crippen LogP contribution in [0.2, 0.25) is 0 Å². The minimum absolute atomic E-state index is 0.126. The maximum absolute atomic E-state index is 12.2. The summed E-state index contributed by atoms with van der Waals surface area (Å²) in [6.45, 7) is 8.86. The predicted octanol–water partition coefficient (Wildman–Crippen LogP) is 3.15. The van der Waals surface area contributed by atoms with Gasteiger partial charge in [-0.05, 0) is 19.9 Å².